The van der Waals surface area contributed by atoms with Crippen LogP contribution in [0.2, 0.25) is 0 Å². The lowest BCUT2D eigenvalue weighted by Gasteiger charge is -2.26. The first-order valence-corrected chi connectivity index (χ1v) is 6.90. The zero-order chi connectivity index (χ0) is 12.3. The van der Waals surface area contributed by atoms with Gasteiger partial charge in [-0.25, -0.2) is 4.39 Å². The maximum absolute atomic E-state index is 13.7. The highest BCUT2D eigenvalue weighted by molar-refractivity contribution is 9.10. The van der Waals surface area contributed by atoms with Crippen LogP contribution in [-0.4, -0.2) is 12.6 Å². The summed E-state index contributed by atoms with van der Waals surface area (Å²) in [5.74, 6) is -0.212. The molecule has 3 N–H and O–H groups in total. The van der Waals surface area contributed by atoms with Gasteiger partial charge in [0.05, 0.1) is 0 Å². The molecule has 1 heterocycles. The van der Waals surface area contributed by atoms with Gasteiger partial charge in [-0.1, -0.05) is 22.4 Å². The molecule has 1 aromatic carbocycles. The molecule has 2 rings (SSSR count). The van der Waals surface area contributed by atoms with Crippen LogP contribution in [0.1, 0.15) is 37.3 Å². The van der Waals surface area contributed by atoms with Gasteiger partial charge in [-0.3, -0.25) is 0 Å². The number of rotatable bonds is 3. The van der Waals surface area contributed by atoms with Gasteiger partial charge in [0.1, 0.15) is 5.82 Å². The van der Waals surface area contributed by atoms with E-state index in [0.717, 1.165) is 23.9 Å². The summed E-state index contributed by atoms with van der Waals surface area (Å²) in [6.07, 6.45) is 4.42. The second-order valence-electron chi connectivity index (χ2n) is 4.65. The van der Waals surface area contributed by atoms with Crippen molar-refractivity contribution in [3.63, 3.8) is 0 Å². The molecule has 2 nitrogen and oxygen atoms in total. The third-order valence-electron chi connectivity index (χ3n) is 3.31. The van der Waals surface area contributed by atoms with E-state index in [-0.39, 0.29) is 11.9 Å². The summed E-state index contributed by atoms with van der Waals surface area (Å²) < 4.78 is 14.5. The molecule has 1 saturated heterocycles. The Morgan fingerprint density at radius 3 is 3.00 bits per heavy atom. The van der Waals surface area contributed by atoms with Gasteiger partial charge in [0.15, 0.2) is 0 Å². The Kier molecular flexibility index (Phi) is 4.54. The molecular weight excluding hydrogens is 283 g/mol. The molecule has 2 unspecified atom stereocenters. The lowest BCUT2D eigenvalue weighted by molar-refractivity contribution is 0.359. The average molecular weight is 301 g/mol. The van der Waals surface area contributed by atoms with E-state index in [4.69, 9.17) is 5.73 Å². The van der Waals surface area contributed by atoms with Crippen molar-refractivity contribution in [2.24, 2.45) is 5.73 Å². The van der Waals surface area contributed by atoms with Crippen molar-refractivity contribution in [2.45, 2.75) is 37.8 Å². The minimum absolute atomic E-state index is 0.212. The second kappa shape index (κ2) is 5.94. The largest absolute Gasteiger partial charge is 0.324 e. The van der Waals surface area contributed by atoms with Crippen molar-refractivity contribution >= 4 is 15.9 Å². The number of nitrogens with one attached hydrogen (secondary N) is 1. The molecule has 0 saturated carbocycles. The first kappa shape index (κ1) is 13.0. The quantitative estimate of drug-likeness (QED) is 0.900. The normalized spacial score (nSPS) is 22.4. The fraction of sp³-hybridized carbons (Fsp3) is 0.538. The molecule has 17 heavy (non-hydrogen) atoms. The monoisotopic (exact) mass is 300 g/mol. The van der Waals surface area contributed by atoms with Crippen molar-refractivity contribution in [3.8, 4) is 0 Å². The fourth-order valence-corrected chi connectivity index (χ4v) is 2.74. The Morgan fingerprint density at radius 1 is 1.47 bits per heavy atom. The van der Waals surface area contributed by atoms with Crippen LogP contribution in [0.3, 0.4) is 0 Å². The van der Waals surface area contributed by atoms with E-state index in [1.165, 1.54) is 18.9 Å². The molecule has 2 atom stereocenters. The maximum Gasteiger partial charge on any atom is 0.128 e. The van der Waals surface area contributed by atoms with E-state index in [2.05, 4.69) is 21.2 Å². The van der Waals surface area contributed by atoms with Gasteiger partial charge in [0.25, 0.3) is 0 Å². The molecule has 0 amide bonds. The second-order valence-corrected chi connectivity index (χ2v) is 5.57. The van der Waals surface area contributed by atoms with Gasteiger partial charge in [-0.15, -0.1) is 0 Å². The van der Waals surface area contributed by atoms with Crippen LogP contribution in [-0.2, 0) is 0 Å². The Morgan fingerprint density at radius 2 is 2.29 bits per heavy atom. The summed E-state index contributed by atoms with van der Waals surface area (Å²) in [5, 5.41) is 3.44. The van der Waals surface area contributed by atoms with Crippen molar-refractivity contribution in [3.05, 3.63) is 34.1 Å². The van der Waals surface area contributed by atoms with Crippen molar-refractivity contribution in [1.29, 1.82) is 0 Å². The number of benzene rings is 1. The summed E-state index contributed by atoms with van der Waals surface area (Å²) in [6, 6.07) is 5.14. The van der Waals surface area contributed by atoms with E-state index in [1.54, 1.807) is 12.1 Å². The molecule has 94 valence electrons. The standard InChI is InChI=1S/C13H18BrFN2/c14-9-4-5-12(15)11(7-9)13(16)8-10-3-1-2-6-17-10/h4-5,7,10,13,17H,1-3,6,8,16H2. The van der Waals surface area contributed by atoms with Crippen LogP contribution >= 0.6 is 15.9 Å². The van der Waals surface area contributed by atoms with Crippen LogP contribution in [0.4, 0.5) is 4.39 Å². The first-order valence-electron chi connectivity index (χ1n) is 6.10. The minimum atomic E-state index is -0.233. The van der Waals surface area contributed by atoms with Crippen LogP contribution < -0.4 is 11.1 Å². The van der Waals surface area contributed by atoms with E-state index in [1.807, 2.05) is 0 Å². The lowest BCUT2D eigenvalue weighted by Crippen LogP contribution is -2.36. The molecule has 1 aliphatic rings. The van der Waals surface area contributed by atoms with Gasteiger partial charge in [-0.2, -0.15) is 0 Å². The third kappa shape index (κ3) is 3.50. The van der Waals surface area contributed by atoms with E-state index in [9.17, 15) is 4.39 Å². The highest BCUT2D eigenvalue weighted by Gasteiger charge is 2.19. The van der Waals surface area contributed by atoms with Gasteiger partial charge < -0.3 is 11.1 Å². The van der Waals surface area contributed by atoms with Crippen molar-refractivity contribution in [1.82, 2.24) is 5.32 Å². The number of hydrogen-bond acceptors (Lipinski definition) is 2. The van der Waals surface area contributed by atoms with E-state index in [0.29, 0.717) is 11.6 Å². The van der Waals surface area contributed by atoms with Gasteiger partial charge in [0, 0.05) is 22.1 Å². The number of piperidine rings is 1. The Labute approximate surface area is 110 Å². The average Bonchev–Trinajstić information content (AvgIpc) is 2.33. The molecule has 0 radical (unpaired) electrons. The summed E-state index contributed by atoms with van der Waals surface area (Å²) in [6.45, 7) is 1.05. The Bertz CT molecular complexity index is 378. The first-order chi connectivity index (χ1) is 8.16. The van der Waals surface area contributed by atoms with Crippen LogP contribution in [0.15, 0.2) is 22.7 Å². The molecule has 1 aromatic rings. The molecule has 0 bridgehead atoms. The topological polar surface area (TPSA) is 38.0 Å². The van der Waals surface area contributed by atoms with Crippen molar-refractivity contribution in [2.75, 3.05) is 6.54 Å². The highest BCUT2D eigenvalue weighted by atomic mass is 79.9. The lowest BCUT2D eigenvalue weighted by atomic mass is 9.94. The van der Waals surface area contributed by atoms with Crippen LogP contribution in [0, 0.1) is 5.82 Å². The van der Waals surface area contributed by atoms with Crippen LogP contribution in [0.25, 0.3) is 0 Å². The number of halogens is 2. The molecule has 0 spiro atoms. The number of nitrogens with two attached hydrogens (primary N) is 1. The highest BCUT2D eigenvalue weighted by Crippen LogP contribution is 2.25. The molecule has 1 aliphatic heterocycles. The maximum atomic E-state index is 13.7. The Balaban J connectivity index is 2.02. The van der Waals surface area contributed by atoms with Crippen LogP contribution in [0.5, 0.6) is 0 Å². The number of hydrogen-bond donors (Lipinski definition) is 2. The predicted molar refractivity (Wildman–Crippen MR) is 71.3 cm³/mol. The summed E-state index contributed by atoms with van der Waals surface area (Å²) in [5.41, 5.74) is 6.70. The Hall–Kier alpha value is -0.450. The summed E-state index contributed by atoms with van der Waals surface area (Å²) >= 11 is 3.35. The SMILES string of the molecule is NC(CC1CCCCN1)c1cc(Br)ccc1F. The molecule has 0 aromatic heterocycles. The predicted octanol–water partition coefficient (Wildman–Crippen LogP) is 3.12. The van der Waals surface area contributed by atoms with Crippen molar-refractivity contribution < 1.29 is 4.39 Å². The smallest absolute Gasteiger partial charge is 0.128 e. The third-order valence-corrected chi connectivity index (χ3v) is 3.80. The minimum Gasteiger partial charge on any atom is -0.324 e. The van der Waals surface area contributed by atoms with Gasteiger partial charge in [0.2, 0.25) is 0 Å². The molecular formula is C13H18BrFN2. The fourth-order valence-electron chi connectivity index (χ4n) is 2.36. The van der Waals surface area contributed by atoms with E-state index >= 15 is 0 Å². The van der Waals surface area contributed by atoms with Gasteiger partial charge in [-0.05, 0) is 44.0 Å². The van der Waals surface area contributed by atoms with E-state index < -0.39 is 0 Å². The van der Waals surface area contributed by atoms with Gasteiger partial charge >= 0.3 is 0 Å². The summed E-state index contributed by atoms with van der Waals surface area (Å²) in [7, 11) is 0. The molecule has 1 fully saturated rings. The zero-order valence-corrected chi connectivity index (χ0v) is 11.3. The zero-order valence-electron chi connectivity index (χ0n) is 9.76. The molecule has 0 aliphatic carbocycles. The molecule has 4 heteroatoms. The summed E-state index contributed by atoms with van der Waals surface area (Å²) in [4.78, 5) is 0.